The molecule has 1 rings (SSSR count). The molecule has 2 amide bonds. The SMILES string of the molecule is CCC(CC)(CN)C(=O)Nc1ccc(OCC(=O)NC)cc1.Cl. The van der Waals surface area contributed by atoms with Crippen LogP contribution in [0.4, 0.5) is 5.69 Å². The molecule has 1 aromatic carbocycles. The van der Waals surface area contributed by atoms with Gasteiger partial charge in [0.1, 0.15) is 5.75 Å². The molecule has 1 aromatic rings. The molecule has 0 saturated carbocycles. The third-order valence-electron chi connectivity index (χ3n) is 3.99. The van der Waals surface area contributed by atoms with Gasteiger partial charge >= 0.3 is 0 Å². The van der Waals surface area contributed by atoms with Crippen molar-refractivity contribution in [2.75, 3.05) is 25.5 Å². The van der Waals surface area contributed by atoms with Gasteiger partial charge in [0.05, 0.1) is 5.41 Å². The number of hydrogen-bond acceptors (Lipinski definition) is 4. The molecular formula is C16H26ClN3O3. The Bertz CT molecular complexity index is 494. The highest BCUT2D eigenvalue weighted by molar-refractivity contribution is 5.95. The second-order valence-electron chi connectivity index (χ2n) is 5.13. The van der Waals surface area contributed by atoms with E-state index < -0.39 is 5.41 Å². The Hall–Kier alpha value is -1.79. The first-order chi connectivity index (χ1) is 10.5. The predicted octanol–water partition coefficient (Wildman–Crippen LogP) is 1.94. The van der Waals surface area contributed by atoms with Gasteiger partial charge < -0.3 is 21.1 Å². The minimum absolute atomic E-state index is 0. The quantitative estimate of drug-likeness (QED) is 0.672. The third kappa shape index (κ3) is 5.73. The fourth-order valence-electron chi connectivity index (χ4n) is 2.07. The third-order valence-corrected chi connectivity index (χ3v) is 3.99. The van der Waals surface area contributed by atoms with E-state index in [9.17, 15) is 9.59 Å². The molecule has 0 aliphatic rings. The fraction of sp³-hybridized carbons (Fsp3) is 0.500. The van der Waals surface area contributed by atoms with Crippen LogP contribution in [0.5, 0.6) is 5.75 Å². The number of halogens is 1. The van der Waals surface area contributed by atoms with E-state index in [1.54, 1.807) is 31.3 Å². The van der Waals surface area contributed by atoms with Crippen LogP contribution in [-0.2, 0) is 9.59 Å². The van der Waals surface area contributed by atoms with Crippen LogP contribution in [0.1, 0.15) is 26.7 Å². The zero-order valence-electron chi connectivity index (χ0n) is 13.8. The molecule has 130 valence electrons. The first-order valence-electron chi connectivity index (χ1n) is 7.46. The van der Waals surface area contributed by atoms with Gasteiger partial charge in [-0.1, -0.05) is 13.8 Å². The number of ether oxygens (including phenoxy) is 1. The summed E-state index contributed by atoms with van der Waals surface area (Å²) in [4.78, 5) is 23.5. The monoisotopic (exact) mass is 343 g/mol. The van der Waals surface area contributed by atoms with Gasteiger partial charge in [-0.05, 0) is 37.1 Å². The number of hydrogen-bond donors (Lipinski definition) is 3. The molecule has 0 aliphatic carbocycles. The Morgan fingerprint density at radius 3 is 2.17 bits per heavy atom. The number of carbonyl (C=O) groups is 2. The second kappa shape index (κ2) is 10.1. The van der Waals surface area contributed by atoms with Gasteiger partial charge in [0, 0.05) is 19.3 Å². The van der Waals surface area contributed by atoms with Crippen molar-refractivity contribution in [3.05, 3.63) is 24.3 Å². The summed E-state index contributed by atoms with van der Waals surface area (Å²) in [5, 5.41) is 5.36. The van der Waals surface area contributed by atoms with Gasteiger partial charge in [0.15, 0.2) is 6.61 Å². The largest absolute Gasteiger partial charge is 0.484 e. The second-order valence-corrected chi connectivity index (χ2v) is 5.13. The van der Waals surface area contributed by atoms with E-state index in [0.717, 1.165) is 0 Å². The molecule has 4 N–H and O–H groups in total. The Labute approximate surface area is 143 Å². The minimum Gasteiger partial charge on any atom is -0.484 e. The average molecular weight is 344 g/mol. The summed E-state index contributed by atoms with van der Waals surface area (Å²) in [7, 11) is 1.55. The summed E-state index contributed by atoms with van der Waals surface area (Å²) in [5.74, 6) is 0.299. The van der Waals surface area contributed by atoms with Gasteiger partial charge in [-0.3, -0.25) is 9.59 Å². The van der Waals surface area contributed by atoms with Crippen molar-refractivity contribution in [3.8, 4) is 5.75 Å². The van der Waals surface area contributed by atoms with Gasteiger partial charge in [-0.2, -0.15) is 0 Å². The maximum Gasteiger partial charge on any atom is 0.257 e. The van der Waals surface area contributed by atoms with Crippen LogP contribution in [0.3, 0.4) is 0 Å². The lowest BCUT2D eigenvalue weighted by atomic mass is 9.81. The predicted molar refractivity (Wildman–Crippen MR) is 94.0 cm³/mol. The van der Waals surface area contributed by atoms with Crippen molar-refractivity contribution >= 4 is 29.9 Å². The summed E-state index contributed by atoms with van der Waals surface area (Å²) in [6, 6.07) is 6.90. The van der Waals surface area contributed by atoms with E-state index in [4.69, 9.17) is 10.5 Å². The highest BCUT2D eigenvalue weighted by Crippen LogP contribution is 2.27. The molecule has 0 saturated heterocycles. The number of rotatable bonds is 8. The van der Waals surface area contributed by atoms with Crippen molar-refractivity contribution in [2.45, 2.75) is 26.7 Å². The summed E-state index contributed by atoms with van der Waals surface area (Å²) in [6.07, 6.45) is 1.39. The number of nitrogens with one attached hydrogen (secondary N) is 2. The first kappa shape index (κ1) is 21.2. The van der Waals surface area contributed by atoms with Gasteiger partial charge in [0.2, 0.25) is 5.91 Å². The molecule has 0 unspecified atom stereocenters. The van der Waals surface area contributed by atoms with Crippen molar-refractivity contribution in [1.29, 1.82) is 0 Å². The van der Waals surface area contributed by atoms with E-state index >= 15 is 0 Å². The lowest BCUT2D eigenvalue weighted by molar-refractivity contribution is -0.125. The molecule has 0 bridgehead atoms. The zero-order chi connectivity index (χ0) is 16.6. The van der Waals surface area contributed by atoms with Crippen molar-refractivity contribution in [2.24, 2.45) is 11.1 Å². The van der Waals surface area contributed by atoms with Crippen LogP contribution in [0, 0.1) is 5.41 Å². The van der Waals surface area contributed by atoms with Crippen molar-refractivity contribution in [1.82, 2.24) is 5.32 Å². The summed E-state index contributed by atoms with van der Waals surface area (Å²) in [6.45, 7) is 4.21. The van der Waals surface area contributed by atoms with Crippen LogP contribution < -0.4 is 21.1 Å². The maximum absolute atomic E-state index is 12.4. The van der Waals surface area contributed by atoms with Crippen molar-refractivity contribution in [3.63, 3.8) is 0 Å². The normalized spacial score (nSPS) is 10.4. The zero-order valence-corrected chi connectivity index (χ0v) is 14.7. The molecule has 0 fully saturated rings. The summed E-state index contributed by atoms with van der Waals surface area (Å²) >= 11 is 0. The van der Waals surface area contributed by atoms with E-state index in [-0.39, 0.29) is 30.8 Å². The number of likely N-dealkylation sites (N-methyl/N-ethyl adjacent to an activating group) is 1. The fourth-order valence-corrected chi connectivity index (χ4v) is 2.07. The molecule has 23 heavy (non-hydrogen) atoms. The van der Waals surface area contributed by atoms with Gasteiger partial charge in [0.25, 0.3) is 5.91 Å². The van der Waals surface area contributed by atoms with E-state index in [1.165, 1.54) is 0 Å². The molecule has 0 heterocycles. The lowest BCUT2D eigenvalue weighted by Crippen LogP contribution is -2.41. The van der Waals surface area contributed by atoms with E-state index in [2.05, 4.69) is 10.6 Å². The topological polar surface area (TPSA) is 93.5 Å². The van der Waals surface area contributed by atoms with Crippen LogP contribution in [0.25, 0.3) is 0 Å². The first-order valence-corrected chi connectivity index (χ1v) is 7.46. The van der Waals surface area contributed by atoms with Crippen molar-refractivity contribution < 1.29 is 14.3 Å². The molecule has 0 spiro atoms. The van der Waals surface area contributed by atoms with Gasteiger partial charge in [-0.25, -0.2) is 0 Å². The van der Waals surface area contributed by atoms with Crippen LogP contribution >= 0.6 is 12.4 Å². The van der Waals surface area contributed by atoms with Crippen LogP contribution in [0.15, 0.2) is 24.3 Å². The number of anilines is 1. The van der Waals surface area contributed by atoms with E-state index in [1.807, 2.05) is 13.8 Å². The Kier molecular flexibility index (Phi) is 9.29. The average Bonchev–Trinajstić information content (AvgIpc) is 2.56. The molecule has 0 aliphatic heterocycles. The van der Waals surface area contributed by atoms with Crippen LogP contribution in [0.2, 0.25) is 0 Å². The van der Waals surface area contributed by atoms with E-state index in [0.29, 0.717) is 30.8 Å². The number of benzene rings is 1. The molecular weight excluding hydrogens is 318 g/mol. The Morgan fingerprint density at radius 1 is 1.17 bits per heavy atom. The summed E-state index contributed by atoms with van der Waals surface area (Å²) in [5.41, 5.74) is 5.91. The molecule has 0 radical (unpaired) electrons. The van der Waals surface area contributed by atoms with Gasteiger partial charge in [-0.15, -0.1) is 12.4 Å². The highest BCUT2D eigenvalue weighted by Gasteiger charge is 2.33. The summed E-state index contributed by atoms with van der Waals surface area (Å²) < 4.78 is 5.30. The highest BCUT2D eigenvalue weighted by atomic mass is 35.5. The molecule has 0 atom stereocenters. The number of amides is 2. The standard InChI is InChI=1S/C16H25N3O3.ClH/c1-4-16(5-2,11-17)15(21)19-12-6-8-13(9-7-12)22-10-14(20)18-3;/h6-9H,4-5,10-11,17H2,1-3H3,(H,18,20)(H,19,21);1H. The smallest absolute Gasteiger partial charge is 0.257 e. The maximum atomic E-state index is 12.4. The number of carbonyl (C=O) groups excluding carboxylic acids is 2. The molecule has 7 heteroatoms. The number of nitrogens with two attached hydrogens (primary N) is 1. The Morgan fingerprint density at radius 2 is 1.74 bits per heavy atom. The molecule has 0 aromatic heterocycles. The minimum atomic E-state index is -0.533. The van der Waals surface area contributed by atoms with Crippen LogP contribution in [-0.4, -0.2) is 32.0 Å². The Balaban J connectivity index is 0.00000484. The molecule has 6 nitrogen and oxygen atoms in total. The lowest BCUT2D eigenvalue weighted by Gasteiger charge is -2.28.